The molecule has 2 aromatic carbocycles. The zero-order chi connectivity index (χ0) is 23.4. The van der Waals surface area contributed by atoms with Crippen LogP contribution in [0.4, 0.5) is 0 Å². The molecule has 0 spiro atoms. The Labute approximate surface area is 204 Å². The minimum atomic E-state index is -0.727. The predicted molar refractivity (Wildman–Crippen MR) is 133 cm³/mol. The summed E-state index contributed by atoms with van der Waals surface area (Å²) in [5.74, 6) is 1.34. The van der Waals surface area contributed by atoms with Crippen LogP contribution < -0.4 is 4.74 Å². The third kappa shape index (κ3) is 4.73. The molecule has 2 atom stereocenters. The lowest BCUT2D eigenvalue weighted by molar-refractivity contribution is -0.946. The van der Waals surface area contributed by atoms with E-state index in [2.05, 4.69) is 24.0 Å². The molecule has 2 bridgehead atoms. The Bertz CT molecular complexity index is 936. The molecule has 5 nitrogen and oxygen atoms in total. The van der Waals surface area contributed by atoms with Gasteiger partial charge in [-0.25, -0.2) is 4.79 Å². The number of esters is 1. The largest absolute Gasteiger partial charge is 0.488 e. The number of quaternary nitrogens is 1. The van der Waals surface area contributed by atoms with Crippen molar-refractivity contribution >= 4 is 5.97 Å². The number of rotatable bonds is 8. The fourth-order valence-electron chi connectivity index (χ4n) is 6.33. The average Bonchev–Trinajstić information content (AvgIpc) is 2.90. The van der Waals surface area contributed by atoms with E-state index in [-0.39, 0.29) is 12.1 Å². The molecule has 5 heteroatoms. The molecule has 4 aliphatic heterocycles. The molecule has 4 heterocycles. The molecule has 182 valence electrons. The minimum Gasteiger partial charge on any atom is -0.488 e. The zero-order valence-corrected chi connectivity index (χ0v) is 20.5. The first-order valence-corrected chi connectivity index (χ1v) is 13.1. The first-order chi connectivity index (χ1) is 16.6. The van der Waals surface area contributed by atoms with Crippen molar-refractivity contribution in [3.63, 3.8) is 0 Å². The Morgan fingerprint density at radius 1 is 0.971 bits per heavy atom. The SMILES string of the molecule is C[C@@](C(=O)O[C@H]1C[N+]2(CCOc3ccccc3)CCC1CC2)(c1ccccc1)N1CCCCC1. The van der Waals surface area contributed by atoms with Gasteiger partial charge < -0.3 is 14.0 Å². The van der Waals surface area contributed by atoms with Gasteiger partial charge in [-0.1, -0.05) is 55.0 Å². The molecule has 0 aromatic heterocycles. The van der Waals surface area contributed by atoms with Crippen LogP contribution in [0.15, 0.2) is 60.7 Å². The molecule has 4 saturated heterocycles. The van der Waals surface area contributed by atoms with Gasteiger partial charge in [-0.3, -0.25) is 4.90 Å². The lowest BCUT2D eigenvalue weighted by Gasteiger charge is -2.52. The third-order valence-electron chi connectivity index (χ3n) is 8.60. The summed E-state index contributed by atoms with van der Waals surface area (Å²) in [6.45, 7) is 8.89. The van der Waals surface area contributed by atoms with Gasteiger partial charge in [-0.2, -0.15) is 0 Å². The van der Waals surface area contributed by atoms with E-state index in [1.54, 1.807) is 0 Å². The summed E-state index contributed by atoms with van der Waals surface area (Å²) >= 11 is 0. The van der Waals surface area contributed by atoms with Crippen LogP contribution in [0.1, 0.15) is 44.6 Å². The topological polar surface area (TPSA) is 38.8 Å². The van der Waals surface area contributed by atoms with Gasteiger partial charge in [0.1, 0.15) is 31.0 Å². The molecule has 4 fully saturated rings. The molecular weight excluding hydrogens is 424 g/mol. The average molecular weight is 464 g/mol. The van der Waals surface area contributed by atoms with Gasteiger partial charge in [-0.05, 0) is 50.6 Å². The summed E-state index contributed by atoms with van der Waals surface area (Å²) in [7, 11) is 0. The van der Waals surface area contributed by atoms with Crippen LogP contribution >= 0.6 is 0 Å². The van der Waals surface area contributed by atoms with Gasteiger partial charge in [0.05, 0.1) is 13.1 Å². The van der Waals surface area contributed by atoms with E-state index in [0.717, 1.165) is 67.7 Å². The predicted octanol–water partition coefficient (Wildman–Crippen LogP) is 4.62. The summed E-state index contributed by atoms with van der Waals surface area (Å²) in [6.07, 6.45) is 5.79. The number of fused-ring (bicyclic) bond motifs is 3. The number of hydrogen-bond acceptors (Lipinski definition) is 4. The number of nitrogens with zero attached hydrogens (tertiary/aromatic N) is 2. The smallest absolute Gasteiger partial charge is 0.331 e. The summed E-state index contributed by atoms with van der Waals surface area (Å²) < 4.78 is 13.5. The van der Waals surface area contributed by atoms with Crippen LogP contribution in [-0.4, -0.2) is 67.3 Å². The molecule has 34 heavy (non-hydrogen) atoms. The number of ether oxygens (including phenoxy) is 2. The van der Waals surface area contributed by atoms with E-state index in [4.69, 9.17) is 9.47 Å². The Morgan fingerprint density at radius 2 is 1.62 bits per heavy atom. The highest BCUT2D eigenvalue weighted by molar-refractivity contribution is 5.82. The van der Waals surface area contributed by atoms with Crippen LogP contribution in [0.2, 0.25) is 0 Å². The van der Waals surface area contributed by atoms with Crippen molar-refractivity contribution < 1.29 is 18.8 Å². The van der Waals surface area contributed by atoms with Crippen LogP contribution in [0.3, 0.4) is 0 Å². The van der Waals surface area contributed by atoms with Gasteiger partial charge in [0.15, 0.2) is 6.10 Å². The van der Waals surface area contributed by atoms with Crippen LogP contribution in [0.5, 0.6) is 5.75 Å². The van der Waals surface area contributed by atoms with Crippen molar-refractivity contribution in [2.24, 2.45) is 5.92 Å². The molecule has 4 aliphatic rings. The van der Waals surface area contributed by atoms with Crippen molar-refractivity contribution in [2.75, 3.05) is 45.9 Å². The van der Waals surface area contributed by atoms with Crippen LogP contribution in [0.25, 0.3) is 0 Å². The lowest BCUT2D eigenvalue weighted by Crippen LogP contribution is -2.66. The Kier molecular flexibility index (Phi) is 6.94. The lowest BCUT2D eigenvalue weighted by atomic mass is 9.82. The van der Waals surface area contributed by atoms with Gasteiger partial charge in [0, 0.05) is 18.8 Å². The van der Waals surface area contributed by atoms with E-state index in [1.165, 1.54) is 19.5 Å². The number of piperidine rings is 4. The fraction of sp³-hybridized carbons (Fsp3) is 0.552. The highest BCUT2D eigenvalue weighted by atomic mass is 16.5. The molecule has 0 amide bonds. The first kappa shape index (κ1) is 23.4. The van der Waals surface area contributed by atoms with E-state index in [1.807, 2.05) is 48.5 Å². The first-order valence-electron chi connectivity index (χ1n) is 13.1. The number of benzene rings is 2. The van der Waals surface area contributed by atoms with E-state index < -0.39 is 5.54 Å². The second-order valence-corrected chi connectivity index (χ2v) is 10.6. The third-order valence-corrected chi connectivity index (χ3v) is 8.60. The highest BCUT2D eigenvalue weighted by Gasteiger charge is 2.50. The standard InChI is InChI=1S/C29H39N2O3/c1-29(25-11-5-2-6-12-25,30-17-9-4-10-18-30)28(32)34-27-23-31(19-15-24(27)16-20-31)21-22-33-26-13-7-3-8-14-26/h2-3,5-8,11-14,24,27H,4,9-10,15-23H2,1H3/q+1/t24?,27-,29-,31?/m0/s1. The Hall–Kier alpha value is -2.37. The van der Waals surface area contributed by atoms with E-state index in [9.17, 15) is 4.79 Å². The summed E-state index contributed by atoms with van der Waals surface area (Å²) in [6, 6.07) is 20.3. The van der Waals surface area contributed by atoms with Crippen LogP contribution in [0, 0.1) is 5.92 Å². The quantitative estimate of drug-likeness (QED) is 0.423. The van der Waals surface area contributed by atoms with Crippen molar-refractivity contribution in [1.82, 2.24) is 4.90 Å². The molecule has 6 rings (SSSR count). The summed E-state index contributed by atoms with van der Waals surface area (Å²) in [5.41, 5.74) is 0.318. The molecule has 2 aromatic rings. The van der Waals surface area contributed by atoms with Gasteiger partial charge >= 0.3 is 5.97 Å². The second kappa shape index (κ2) is 10.1. The second-order valence-electron chi connectivity index (χ2n) is 10.6. The molecule has 0 N–H and O–H groups in total. The number of carbonyl (C=O) groups is 1. The zero-order valence-electron chi connectivity index (χ0n) is 20.5. The normalized spacial score (nSPS) is 28.7. The van der Waals surface area contributed by atoms with E-state index >= 15 is 0 Å². The van der Waals surface area contributed by atoms with Crippen molar-refractivity contribution in [2.45, 2.75) is 50.7 Å². The molecule has 0 unspecified atom stereocenters. The van der Waals surface area contributed by atoms with Crippen LogP contribution in [-0.2, 0) is 15.1 Å². The maximum absolute atomic E-state index is 13.9. The monoisotopic (exact) mass is 463 g/mol. The van der Waals surface area contributed by atoms with Crippen molar-refractivity contribution in [3.8, 4) is 5.75 Å². The maximum Gasteiger partial charge on any atom is 0.331 e. The number of para-hydroxylation sites is 1. The number of hydrogen-bond donors (Lipinski definition) is 0. The maximum atomic E-state index is 13.9. The Balaban J connectivity index is 1.28. The Morgan fingerprint density at radius 3 is 2.29 bits per heavy atom. The van der Waals surface area contributed by atoms with Gasteiger partial charge in [-0.15, -0.1) is 0 Å². The van der Waals surface area contributed by atoms with Crippen molar-refractivity contribution in [3.05, 3.63) is 66.2 Å². The molecule has 0 radical (unpaired) electrons. The molecular formula is C29H39N2O3+. The van der Waals surface area contributed by atoms with Crippen molar-refractivity contribution in [1.29, 1.82) is 0 Å². The fourth-order valence-corrected chi connectivity index (χ4v) is 6.33. The molecule has 0 saturated carbocycles. The van der Waals surface area contributed by atoms with Gasteiger partial charge in [0.2, 0.25) is 0 Å². The molecule has 0 aliphatic carbocycles. The summed E-state index contributed by atoms with van der Waals surface area (Å²) in [4.78, 5) is 16.3. The number of carbonyl (C=O) groups excluding carboxylic acids is 1. The highest BCUT2D eigenvalue weighted by Crippen LogP contribution is 2.38. The number of likely N-dealkylation sites (tertiary alicyclic amines) is 1. The van der Waals surface area contributed by atoms with E-state index in [0.29, 0.717) is 12.5 Å². The minimum absolute atomic E-state index is 0.000414. The van der Waals surface area contributed by atoms with Gasteiger partial charge in [0.25, 0.3) is 0 Å². The summed E-state index contributed by atoms with van der Waals surface area (Å²) in [5, 5.41) is 0.